The molecule has 3 heterocycles. The van der Waals surface area contributed by atoms with E-state index in [0.29, 0.717) is 29.5 Å². The fourth-order valence-electron chi connectivity index (χ4n) is 4.27. The van der Waals surface area contributed by atoms with Crippen molar-refractivity contribution < 1.29 is 9.53 Å². The monoisotopic (exact) mass is 349 g/mol. The van der Waals surface area contributed by atoms with Gasteiger partial charge in [0.25, 0.3) is 0 Å². The van der Waals surface area contributed by atoms with E-state index in [1.54, 1.807) is 0 Å². The maximum atomic E-state index is 12.8. The van der Waals surface area contributed by atoms with Crippen LogP contribution in [0.25, 0.3) is 0 Å². The number of benzene rings is 1. The number of likely N-dealkylation sites (tertiary alicyclic amines) is 1. The molecule has 130 valence electrons. The fraction of sp³-hybridized carbons (Fsp3) is 0.611. The number of urea groups is 1. The number of halogens is 1. The van der Waals surface area contributed by atoms with Crippen molar-refractivity contribution in [3.8, 4) is 5.75 Å². The summed E-state index contributed by atoms with van der Waals surface area (Å²) in [5.41, 5.74) is 0.982. The molecule has 2 amide bonds. The Morgan fingerprint density at radius 3 is 2.96 bits per heavy atom. The number of likely N-dealkylation sites (N-methyl/N-ethyl adjacent to an activating group) is 1. The molecule has 0 aliphatic carbocycles. The third kappa shape index (κ3) is 2.84. The van der Waals surface area contributed by atoms with Crippen LogP contribution in [0.4, 0.5) is 4.79 Å². The van der Waals surface area contributed by atoms with Crippen molar-refractivity contribution in [1.29, 1.82) is 0 Å². The number of hydrogen-bond acceptors (Lipinski definition) is 3. The lowest BCUT2D eigenvalue weighted by Gasteiger charge is -2.31. The van der Waals surface area contributed by atoms with Gasteiger partial charge in [0, 0.05) is 37.2 Å². The molecular formula is C18H24ClN3O2. The highest BCUT2D eigenvalue weighted by Crippen LogP contribution is 2.37. The lowest BCUT2D eigenvalue weighted by Crippen LogP contribution is -2.46. The fourth-order valence-corrected chi connectivity index (χ4v) is 4.51. The Balaban J connectivity index is 1.47. The Hall–Kier alpha value is -1.46. The summed E-state index contributed by atoms with van der Waals surface area (Å²) in [6.45, 7) is 2.24. The number of ether oxygens (including phenoxy) is 1. The van der Waals surface area contributed by atoms with E-state index in [2.05, 4.69) is 17.3 Å². The molecule has 3 aliphatic rings. The van der Waals surface area contributed by atoms with E-state index >= 15 is 0 Å². The number of rotatable bonds is 1. The average molecular weight is 350 g/mol. The Bertz CT molecular complexity index is 639. The number of nitrogens with zero attached hydrogens (tertiary/aromatic N) is 2. The third-order valence-corrected chi connectivity index (χ3v) is 6.06. The standard InChI is InChI=1S/C18H24ClN3O2/c1-21-12-5-6-13(21)11-22(9-7-12)18(23)20-16-8-10-24-17-14(16)3-2-4-15(17)19/h2-4,12-13,16H,5-11H2,1H3,(H,20,23)/t12-,13-,16+/m0/s1. The molecule has 4 rings (SSSR count). The Kier molecular flexibility index (Phi) is 4.31. The van der Waals surface area contributed by atoms with Gasteiger partial charge in [-0.25, -0.2) is 4.79 Å². The van der Waals surface area contributed by atoms with E-state index in [1.807, 2.05) is 23.1 Å². The lowest BCUT2D eigenvalue weighted by atomic mass is 10.0. The molecule has 24 heavy (non-hydrogen) atoms. The van der Waals surface area contributed by atoms with E-state index < -0.39 is 0 Å². The average Bonchev–Trinajstić information content (AvgIpc) is 2.81. The molecule has 3 aliphatic heterocycles. The van der Waals surface area contributed by atoms with Gasteiger partial charge < -0.3 is 15.0 Å². The minimum atomic E-state index is -0.0295. The maximum absolute atomic E-state index is 12.8. The lowest BCUT2D eigenvalue weighted by molar-refractivity contribution is 0.178. The van der Waals surface area contributed by atoms with E-state index in [0.717, 1.165) is 31.5 Å². The van der Waals surface area contributed by atoms with Gasteiger partial charge in [0.2, 0.25) is 0 Å². The Labute approximate surface area is 147 Å². The molecule has 0 radical (unpaired) electrons. The molecule has 2 saturated heterocycles. The number of nitrogens with one attached hydrogen (secondary N) is 1. The van der Waals surface area contributed by atoms with Crippen molar-refractivity contribution in [3.05, 3.63) is 28.8 Å². The predicted octanol–water partition coefficient (Wildman–Crippen LogP) is 3.04. The van der Waals surface area contributed by atoms with Gasteiger partial charge >= 0.3 is 6.03 Å². The zero-order valence-electron chi connectivity index (χ0n) is 14.0. The largest absolute Gasteiger partial charge is 0.492 e. The molecule has 2 bridgehead atoms. The second kappa shape index (κ2) is 6.45. The molecule has 2 fully saturated rings. The highest BCUT2D eigenvalue weighted by Gasteiger charge is 2.36. The van der Waals surface area contributed by atoms with Crippen LogP contribution in [0.2, 0.25) is 5.02 Å². The van der Waals surface area contributed by atoms with Crippen LogP contribution >= 0.6 is 11.6 Å². The van der Waals surface area contributed by atoms with Crippen LogP contribution in [0, 0.1) is 0 Å². The summed E-state index contributed by atoms with van der Waals surface area (Å²) < 4.78 is 5.68. The van der Waals surface area contributed by atoms with Crippen molar-refractivity contribution in [2.24, 2.45) is 0 Å². The van der Waals surface area contributed by atoms with E-state index in [1.165, 1.54) is 12.8 Å². The van der Waals surface area contributed by atoms with Gasteiger partial charge in [-0.1, -0.05) is 23.7 Å². The van der Waals surface area contributed by atoms with Crippen molar-refractivity contribution in [3.63, 3.8) is 0 Å². The van der Waals surface area contributed by atoms with E-state index in [4.69, 9.17) is 16.3 Å². The van der Waals surface area contributed by atoms with Crippen LogP contribution in [-0.4, -0.2) is 54.7 Å². The summed E-state index contributed by atoms with van der Waals surface area (Å²) in [4.78, 5) is 17.3. The predicted molar refractivity (Wildman–Crippen MR) is 93.6 cm³/mol. The Morgan fingerprint density at radius 1 is 1.25 bits per heavy atom. The number of carbonyl (C=O) groups is 1. The minimum Gasteiger partial charge on any atom is -0.492 e. The van der Waals surface area contributed by atoms with Crippen LogP contribution in [0.15, 0.2) is 18.2 Å². The molecule has 3 atom stereocenters. The normalized spacial score (nSPS) is 29.6. The van der Waals surface area contributed by atoms with E-state index in [9.17, 15) is 4.79 Å². The van der Waals surface area contributed by atoms with Gasteiger partial charge in [0.15, 0.2) is 0 Å². The molecule has 0 saturated carbocycles. The number of para-hydroxylation sites is 1. The van der Waals surface area contributed by atoms with Crippen molar-refractivity contribution in [1.82, 2.24) is 15.1 Å². The number of hydrogen-bond donors (Lipinski definition) is 1. The highest BCUT2D eigenvalue weighted by atomic mass is 35.5. The highest BCUT2D eigenvalue weighted by molar-refractivity contribution is 6.32. The van der Waals surface area contributed by atoms with Gasteiger partial charge in [-0.2, -0.15) is 0 Å². The molecular weight excluding hydrogens is 326 g/mol. The van der Waals surface area contributed by atoms with Crippen molar-refractivity contribution >= 4 is 17.6 Å². The van der Waals surface area contributed by atoms with Crippen molar-refractivity contribution in [2.45, 2.75) is 43.8 Å². The second-order valence-corrected chi connectivity index (χ2v) is 7.49. The van der Waals surface area contributed by atoms with Crippen LogP contribution in [0.1, 0.15) is 37.3 Å². The third-order valence-electron chi connectivity index (χ3n) is 5.76. The molecule has 0 spiro atoms. The van der Waals surface area contributed by atoms with Crippen LogP contribution in [0.3, 0.4) is 0 Å². The molecule has 0 aromatic heterocycles. The van der Waals surface area contributed by atoms with Gasteiger partial charge in [-0.05, 0) is 32.4 Å². The summed E-state index contributed by atoms with van der Waals surface area (Å²) >= 11 is 6.22. The van der Waals surface area contributed by atoms with Crippen LogP contribution in [-0.2, 0) is 0 Å². The molecule has 1 aromatic carbocycles. The maximum Gasteiger partial charge on any atom is 0.317 e. The first-order valence-electron chi connectivity index (χ1n) is 8.82. The molecule has 1 N–H and O–H groups in total. The molecule has 6 heteroatoms. The van der Waals surface area contributed by atoms with Gasteiger partial charge in [-0.15, -0.1) is 0 Å². The van der Waals surface area contributed by atoms with E-state index in [-0.39, 0.29) is 12.1 Å². The number of fused-ring (bicyclic) bond motifs is 3. The summed E-state index contributed by atoms with van der Waals surface area (Å²) in [6.07, 6.45) is 4.30. The quantitative estimate of drug-likeness (QED) is 0.847. The first kappa shape index (κ1) is 16.0. The summed E-state index contributed by atoms with van der Waals surface area (Å²) in [7, 11) is 2.19. The smallest absolute Gasteiger partial charge is 0.317 e. The minimum absolute atomic E-state index is 0.0295. The molecule has 5 nitrogen and oxygen atoms in total. The SMILES string of the molecule is CN1[C@H]2CC[C@H]1CN(C(=O)N[C@@H]1CCOc3c(Cl)cccc31)CC2. The first-order valence-corrected chi connectivity index (χ1v) is 9.20. The van der Waals surface area contributed by atoms with Crippen LogP contribution in [0.5, 0.6) is 5.75 Å². The van der Waals surface area contributed by atoms with Gasteiger partial charge in [0.1, 0.15) is 5.75 Å². The van der Waals surface area contributed by atoms with Crippen molar-refractivity contribution in [2.75, 3.05) is 26.7 Å². The zero-order valence-corrected chi connectivity index (χ0v) is 14.8. The topological polar surface area (TPSA) is 44.8 Å². The molecule has 0 unspecified atom stereocenters. The molecule has 1 aromatic rings. The summed E-state index contributed by atoms with van der Waals surface area (Å²) in [5.74, 6) is 0.713. The first-order chi connectivity index (χ1) is 11.6. The Morgan fingerprint density at radius 2 is 2.08 bits per heavy atom. The van der Waals surface area contributed by atoms with Crippen LogP contribution < -0.4 is 10.1 Å². The van der Waals surface area contributed by atoms with Gasteiger partial charge in [0.05, 0.1) is 17.7 Å². The number of amides is 2. The zero-order chi connectivity index (χ0) is 16.7. The number of carbonyl (C=O) groups excluding carboxylic acids is 1. The summed E-state index contributed by atoms with van der Waals surface area (Å²) in [5, 5.41) is 3.82. The summed E-state index contributed by atoms with van der Waals surface area (Å²) in [6, 6.07) is 6.87. The second-order valence-electron chi connectivity index (χ2n) is 7.08. The van der Waals surface area contributed by atoms with Gasteiger partial charge in [-0.3, -0.25) is 4.90 Å².